The van der Waals surface area contributed by atoms with Crippen LogP contribution in [0.4, 0.5) is 5.69 Å². The first-order valence-corrected chi connectivity index (χ1v) is 10.4. The van der Waals surface area contributed by atoms with Crippen LogP contribution in [0.15, 0.2) is 48.5 Å². The van der Waals surface area contributed by atoms with Crippen LogP contribution in [-0.2, 0) is 16.6 Å². The summed E-state index contributed by atoms with van der Waals surface area (Å²) in [5.41, 5.74) is 3.09. The molecule has 2 aromatic rings. The zero-order valence-electron chi connectivity index (χ0n) is 15.3. The molecular weight excluding hydrogens is 360 g/mol. The lowest BCUT2D eigenvalue weighted by Crippen LogP contribution is -2.31. The molecule has 0 bridgehead atoms. The largest absolute Gasteiger partial charge is 0.323 e. The molecule has 0 saturated carbocycles. The van der Waals surface area contributed by atoms with Crippen LogP contribution >= 0.6 is 0 Å². The number of carbonyl (C=O) groups excluding carboxylic acids is 1. The van der Waals surface area contributed by atoms with Gasteiger partial charge in [-0.1, -0.05) is 41.8 Å². The van der Waals surface area contributed by atoms with Gasteiger partial charge < -0.3 is 4.90 Å². The first kappa shape index (κ1) is 19.0. The number of carbonyl (C=O) groups is 1. The molecule has 0 aromatic heterocycles. The summed E-state index contributed by atoms with van der Waals surface area (Å²) in [7, 11) is -3.29. The summed E-state index contributed by atoms with van der Waals surface area (Å²) in [5, 5.41) is 0. The van der Waals surface area contributed by atoms with Crippen molar-refractivity contribution >= 4 is 21.6 Å². The molecule has 5 nitrogen and oxygen atoms in total. The Kier molecular flexibility index (Phi) is 5.52. The summed E-state index contributed by atoms with van der Waals surface area (Å²) in [6.07, 6.45) is 6.05. The second-order valence-electron chi connectivity index (χ2n) is 6.64. The lowest BCUT2D eigenvalue weighted by atomic mass is 10.1. The molecule has 6 heteroatoms. The van der Waals surface area contributed by atoms with Gasteiger partial charge in [-0.05, 0) is 37.1 Å². The Morgan fingerprint density at radius 2 is 1.96 bits per heavy atom. The highest BCUT2D eigenvalue weighted by Gasteiger charge is 2.29. The molecule has 0 unspecified atom stereocenters. The van der Waals surface area contributed by atoms with Gasteiger partial charge in [0, 0.05) is 18.7 Å². The molecule has 2 aromatic carbocycles. The van der Waals surface area contributed by atoms with Gasteiger partial charge in [0.25, 0.3) is 5.91 Å². The smallest absolute Gasteiger partial charge is 0.255 e. The van der Waals surface area contributed by atoms with Gasteiger partial charge in [0.1, 0.15) is 0 Å². The summed E-state index contributed by atoms with van der Waals surface area (Å²) in [4.78, 5) is 14.6. The number of anilines is 1. The molecule has 0 atom stereocenters. The first-order valence-electron chi connectivity index (χ1n) is 8.79. The fourth-order valence-corrected chi connectivity index (χ4v) is 4.69. The van der Waals surface area contributed by atoms with Crippen molar-refractivity contribution in [3.05, 3.63) is 65.2 Å². The Morgan fingerprint density at radius 1 is 1.22 bits per heavy atom. The fourth-order valence-electron chi connectivity index (χ4n) is 3.13. The summed E-state index contributed by atoms with van der Waals surface area (Å²) < 4.78 is 25.7. The number of terminal acetylenes is 1. The standard InChI is InChI=1S/C21H22N2O3S/c1-3-12-22(16-18-10-8-17(2)9-11-18)21(24)19-6-4-7-20(15-19)23-13-5-14-27(23,25)26/h1,4,6-11,15H,5,12-14,16H2,2H3. The number of benzene rings is 2. The summed E-state index contributed by atoms with van der Waals surface area (Å²) >= 11 is 0. The van der Waals surface area contributed by atoms with Crippen LogP contribution < -0.4 is 4.31 Å². The van der Waals surface area contributed by atoms with Crippen LogP contribution in [-0.4, -0.2) is 38.1 Å². The van der Waals surface area contributed by atoms with E-state index in [2.05, 4.69) is 5.92 Å². The summed E-state index contributed by atoms with van der Waals surface area (Å²) in [6.45, 7) is 3.03. The van der Waals surface area contributed by atoms with Crippen molar-refractivity contribution in [1.29, 1.82) is 0 Å². The van der Waals surface area contributed by atoms with E-state index < -0.39 is 10.0 Å². The number of sulfonamides is 1. The maximum atomic E-state index is 13.0. The van der Waals surface area contributed by atoms with Crippen LogP contribution in [0.2, 0.25) is 0 Å². The van der Waals surface area contributed by atoms with E-state index in [1.165, 1.54) is 4.31 Å². The number of nitrogens with zero attached hydrogens (tertiary/aromatic N) is 2. The minimum atomic E-state index is -3.29. The van der Waals surface area contributed by atoms with Crippen molar-refractivity contribution in [3.63, 3.8) is 0 Å². The second kappa shape index (κ2) is 7.85. The van der Waals surface area contributed by atoms with Crippen molar-refractivity contribution in [2.75, 3.05) is 23.1 Å². The molecule has 3 rings (SSSR count). The van der Waals surface area contributed by atoms with Crippen LogP contribution in [0, 0.1) is 19.3 Å². The third-order valence-electron chi connectivity index (χ3n) is 4.54. The topological polar surface area (TPSA) is 57.7 Å². The minimum Gasteiger partial charge on any atom is -0.323 e. The van der Waals surface area contributed by atoms with Crippen molar-refractivity contribution in [1.82, 2.24) is 4.90 Å². The predicted octanol–water partition coefficient (Wildman–Crippen LogP) is 2.81. The monoisotopic (exact) mass is 382 g/mol. The third-order valence-corrected chi connectivity index (χ3v) is 6.41. The molecule has 0 radical (unpaired) electrons. The molecule has 1 amide bonds. The molecule has 1 aliphatic heterocycles. The Morgan fingerprint density at radius 3 is 2.59 bits per heavy atom. The van der Waals surface area contributed by atoms with E-state index in [1.807, 2.05) is 31.2 Å². The molecule has 0 aliphatic carbocycles. The normalized spacial score (nSPS) is 15.3. The van der Waals surface area contributed by atoms with Crippen molar-refractivity contribution < 1.29 is 13.2 Å². The molecular formula is C21H22N2O3S. The Labute approximate surface area is 160 Å². The first-order chi connectivity index (χ1) is 12.9. The molecule has 1 aliphatic rings. The Bertz CT molecular complexity index is 975. The molecule has 1 heterocycles. The number of hydrogen-bond acceptors (Lipinski definition) is 3. The molecule has 0 N–H and O–H groups in total. The highest BCUT2D eigenvalue weighted by molar-refractivity contribution is 7.93. The fraction of sp³-hybridized carbons (Fsp3) is 0.286. The van der Waals surface area contributed by atoms with Crippen LogP contribution in [0.3, 0.4) is 0 Å². The van der Waals surface area contributed by atoms with Gasteiger partial charge in [-0.2, -0.15) is 0 Å². The molecule has 27 heavy (non-hydrogen) atoms. The average Bonchev–Trinajstić information content (AvgIpc) is 3.02. The average molecular weight is 382 g/mol. The van der Waals surface area contributed by atoms with Crippen LogP contribution in [0.1, 0.15) is 27.9 Å². The maximum absolute atomic E-state index is 13.0. The van der Waals surface area contributed by atoms with E-state index in [4.69, 9.17) is 6.42 Å². The highest BCUT2D eigenvalue weighted by Crippen LogP contribution is 2.25. The van der Waals surface area contributed by atoms with Gasteiger partial charge in [-0.25, -0.2) is 8.42 Å². The second-order valence-corrected chi connectivity index (χ2v) is 8.66. The number of hydrogen-bond donors (Lipinski definition) is 0. The quantitative estimate of drug-likeness (QED) is 0.747. The van der Waals surface area contributed by atoms with Crippen molar-refractivity contribution in [2.45, 2.75) is 19.9 Å². The summed E-state index contributed by atoms with van der Waals surface area (Å²) in [5.74, 6) is 2.46. The van der Waals surface area contributed by atoms with E-state index in [0.717, 1.165) is 11.1 Å². The number of aryl methyl sites for hydroxylation is 1. The van der Waals surface area contributed by atoms with Gasteiger partial charge in [0.05, 0.1) is 18.0 Å². The van der Waals surface area contributed by atoms with Crippen molar-refractivity contribution in [2.24, 2.45) is 0 Å². The molecule has 0 spiro atoms. The number of rotatable bonds is 5. The van der Waals surface area contributed by atoms with E-state index in [9.17, 15) is 13.2 Å². The van der Waals surface area contributed by atoms with E-state index in [0.29, 0.717) is 30.8 Å². The van der Waals surface area contributed by atoms with Gasteiger partial charge in [0.15, 0.2) is 0 Å². The van der Waals surface area contributed by atoms with E-state index in [-0.39, 0.29) is 18.2 Å². The van der Waals surface area contributed by atoms with Crippen molar-refractivity contribution in [3.8, 4) is 12.3 Å². The zero-order valence-corrected chi connectivity index (χ0v) is 16.1. The van der Waals surface area contributed by atoms with E-state index >= 15 is 0 Å². The minimum absolute atomic E-state index is 0.141. The van der Waals surface area contributed by atoms with Gasteiger partial charge >= 0.3 is 0 Å². The Hall–Kier alpha value is -2.78. The molecule has 1 saturated heterocycles. The SMILES string of the molecule is C#CCN(Cc1ccc(C)cc1)C(=O)c1cccc(N2CCCS2(=O)=O)c1. The Balaban J connectivity index is 1.85. The van der Waals surface area contributed by atoms with Gasteiger partial charge in [0.2, 0.25) is 10.0 Å². The molecule has 1 fully saturated rings. The predicted molar refractivity (Wildman–Crippen MR) is 107 cm³/mol. The highest BCUT2D eigenvalue weighted by atomic mass is 32.2. The third kappa shape index (κ3) is 4.32. The van der Waals surface area contributed by atoms with Gasteiger partial charge in [-0.3, -0.25) is 9.10 Å². The van der Waals surface area contributed by atoms with Crippen LogP contribution in [0.5, 0.6) is 0 Å². The van der Waals surface area contributed by atoms with Gasteiger partial charge in [-0.15, -0.1) is 6.42 Å². The lowest BCUT2D eigenvalue weighted by Gasteiger charge is -2.22. The van der Waals surface area contributed by atoms with E-state index in [1.54, 1.807) is 29.2 Å². The maximum Gasteiger partial charge on any atom is 0.255 e. The lowest BCUT2D eigenvalue weighted by molar-refractivity contribution is 0.0766. The number of amides is 1. The summed E-state index contributed by atoms with van der Waals surface area (Å²) in [6, 6.07) is 14.7. The zero-order chi connectivity index (χ0) is 19.4. The van der Waals surface area contributed by atoms with Crippen LogP contribution in [0.25, 0.3) is 0 Å². The molecule has 140 valence electrons.